The van der Waals surface area contributed by atoms with Crippen molar-refractivity contribution < 1.29 is 9.90 Å². The van der Waals surface area contributed by atoms with E-state index in [1.54, 1.807) is 30.5 Å². The van der Waals surface area contributed by atoms with Gasteiger partial charge in [-0.3, -0.25) is 0 Å². The van der Waals surface area contributed by atoms with Crippen molar-refractivity contribution in [2.24, 2.45) is 32.9 Å². The SMILES string of the molecule is NC(N)=NC1=CC=CN(Cc2ccc(C(=O)O)cc2)C1N=C(N)N. The maximum atomic E-state index is 10.9. The largest absolute Gasteiger partial charge is 0.478 e. The fourth-order valence-corrected chi connectivity index (χ4v) is 2.22. The van der Waals surface area contributed by atoms with E-state index in [1.165, 1.54) is 12.1 Å². The maximum Gasteiger partial charge on any atom is 0.335 e. The normalized spacial score (nSPS) is 16.2. The van der Waals surface area contributed by atoms with Gasteiger partial charge in [-0.15, -0.1) is 0 Å². The third kappa shape index (κ3) is 4.26. The highest BCUT2D eigenvalue weighted by atomic mass is 16.4. The predicted octanol–water partition coefficient (Wildman–Crippen LogP) is -0.529. The van der Waals surface area contributed by atoms with Crippen molar-refractivity contribution in [3.63, 3.8) is 0 Å². The van der Waals surface area contributed by atoms with Gasteiger partial charge in [0.15, 0.2) is 18.1 Å². The Bertz CT molecular complexity index is 727. The van der Waals surface area contributed by atoms with Crippen LogP contribution in [0.4, 0.5) is 0 Å². The molecule has 9 heteroatoms. The van der Waals surface area contributed by atoms with Gasteiger partial charge >= 0.3 is 5.97 Å². The van der Waals surface area contributed by atoms with Gasteiger partial charge in [-0.2, -0.15) is 0 Å². The number of hydrogen-bond donors (Lipinski definition) is 5. The molecule has 0 amide bonds. The zero-order chi connectivity index (χ0) is 17.7. The number of aliphatic imine (C=N–C) groups is 2. The highest BCUT2D eigenvalue weighted by Crippen LogP contribution is 2.21. The molecular weight excluding hydrogens is 310 g/mol. The number of aromatic carboxylic acids is 1. The number of hydrogen-bond acceptors (Lipinski definition) is 4. The average Bonchev–Trinajstić information content (AvgIpc) is 2.50. The van der Waals surface area contributed by atoms with E-state index >= 15 is 0 Å². The highest BCUT2D eigenvalue weighted by molar-refractivity contribution is 5.87. The van der Waals surface area contributed by atoms with Crippen molar-refractivity contribution in [1.29, 1.82) is 0 Å². The monoisotopic (exact) mass is 329 g/mol. The van der Waals surface area contributed by atoms with Crippen LogP contribution in [-0.2, 0) is 6.54 Å². The molecule has 0 aliphatic carbocycles. The highest BCUT2D eigenvalue weighted by Gasteiger charge is 2.22. The van der Waals surface area contributed by atoms with Crippen LogP contribution in [-0.4, -0.2) is 34.1 Å². The summed E-state index contributed by atoms with van der Waals surface area (Å²) in [4.78, 5) is 20.9. The predicted molar refractivity (Wildman–Crippen MR) is 91.6 cm³/mol. The molecule has 9 N–H and O–H groups in total. The van der Waals surface area contributed by atoms with Crippen LogP contribution < -0.4 is 22.9 Å². The zero-order valence-corrected chi connectivity index (χ0v) is 12.8. The van der Waals surface area contributed by atoms with E-state index in [4.69, 9.17) is 28.0 Å². The van der Waals surface area contributed by atoms with Crippen LogP contribution in [0.25, 0.3) is 0 Å². The van der Waals surface area contributed by atoms with E-state index in [2.05, 4.69) is 9.98 Å². The Balaban J connectivity index is 2.25. The number of rotatable bonds is 5. The van der Waals surface area contributed by atoms with E-state index in [0.29, 0.717) is 12.2 Å². The molecule has 0 saturated heterocycles. The van der Waals surface area contributed by atoms with Gasteiger partial charge in [-0.25, -0.2) is 14.8 Å². The molecule has 0 spiro atoms. The summed E-state index contributed by atoms with van der Waals surface area (Å²) in [6.45, 7) is 0.440. The molecule has 9 nitrogen and oxygen atoms in total. The molecule has 1 atom stereocenters. The number of nitrogens with zero attached hydrogens (tertiary/aromatic N) is 3. The lowest BCUT2D eigenvalue weighted by molar-refractivity contribution is 0.0697. The lowest BCUT2D eigenvalue weighted by atomic mass is 10.1. The minimum absolute atomic E-state index is 0.0989. The first-order chi connectivity index (χ1) is 11.4. The van der Waals surface area contributed by atoms with Crippen molar-refractivity contribution in [2.75, 3.05) is 0 Å². The lowest BCUT2D eigenvalue weighted by Gasteiger charge is -2.30. The zero-order valence-electron chi connectivity index (χ0n) is 12.8. The fraction of sp³-hybridized carbons (Fsp3) is 0.133. The smallest absolute Gasteiger partial charge is 0.335 e. The van der Waals surface area contributed by atoms with Crippen LogP contribution in [0.15, 0.2) is 58.3 Å². The minimum Gasteiger partial charge on any atom is -0.478 e. The van der Waals surface area contributed by atoms with Gasteiger partial charge < -0.3 is 32.9 Å². The number of carbonyl (C=O) groups is 1. The standard InChI is InChI=1S/C15H19N7O2/c16-14(17)20-11-2-1-7-22(12(11)21-15(18)19)8-9-3-5-10(6-4-9)13(23)24/h1-7,12H,8H2,(H,23,24)(H4,16,17,20)(H4,18,19,21). The molecule has 24 heavy (non-hydrogen) atoms. The van der Waals surface area contributed by atoms with Gasteiger partial charge in [0.25, 0.3) is 0 Å². The Hall–Kier alpha value is -3.49. The Labute approximate surface area is 138 Å². The summed E-state index contributed by atoms with van der Waals surface area (Å²) in [7, 11) is 0. The molecule has 0 radical (unpaired) electrons. The third-order valence-corrected chi connectivity index (χ3v) is 3.22. The first-order valence-corrected chi connectivity index (χ1v) is 7.01. The first-order valence-electron chi connectivity index (χ1n) is 7.01. The van der Waals surface area contributed by atoms with Crippen molar-refractivity contribution >= 4 is 17.9 Å². The Morgan fingerprint density at radius 1 is 1.12 bits per heavy atom. The van der Waals surface area contributed by atoms with Crippen molar-refractivity contribution in [3.8, 4) is 0 Å². The van der Waals surface area contributed by atoms with Crippen molar-refractivity contribution in [3.05, 3.63) is 59.4 Å². The lowest BCUT2D eigenvalue weighted by Crippen LogP contribution is -2.37. The van der Waals surface area contributed by atoms with E-state index < -0.39 is 12.1 Å². The number of benzene rings is 1. The number of guanidine groups is 2. The molecule has 0 fully saturated rings. The summed E-state index contributed by atoms with van der Waals surface area (Å²) < 4.78 is 0. The molecule has 2 rings (SSSR count). The summed E-state index contributed by atoms with van der Waals surface area (Å²) in [6, 6.07) is 6.52. The Morgan fingerprint density at radius 3 is 2.33 bits per heavy atom. The summed E-state index contributed by atoms with van der Waals surface area (Å²) >= 11 is 0. The van der Waals surface area contributed by atoms with Gasteiger partial charge in [-0.05, 0) is 29.8 Å². The number of carboxylic acid groups (broad SMARTS) is 1. The molecule has 126 valence electrons. The Morgan fingerprint density at radius 2 is 1.79 bits per heavy atom. The minimum atomic E-state index is -0.976. The molecule has 1 aromatic rings. The molecule has 1 unspecified atom stereocenters. The van der Waals surface area contributed by atoms with E-state index in [1.807, 2.05) is 4.90 Å². The summed E-state index contributed by atoms with van der Waals surface area (Å²) in [5.74, 6) is -1.17. The van der Waals surface area contributed by atoms with Gasteiger partial charge in [0.05, 0.1) is 11.3 Å². The van der Waals surface area contributed by atoms with Crippen LogP contribution >= 0.6 is 0 Å². The second-order valence-electron chi connectivity index (χ2n) is 5.07. The van der Waals surface area contributed by atoms with Gasteiger partial charge in [-0.1, -0.05) is 12.1 Å². The van der Waals surface area contributed by atoms with Crippen LogP contribution in [0.1, 0.15) is 15.9 Å². The quantitative estimate of drug-likeness (QED) is 0.357. The molecule has 0 aromatic heterocycles. The average molecular weight is 329 g/mol. The maximum absolute atomic E-state index is 10.9. The first kappa shape index (κ1) is 16.9. The second-order valence-corrected chi connectivity index (χ2v) is 5.07. The van der Waals surface area contributed by atoms with Gasteiger partial charge in [0.2, 0.25) is 0 Å². The van der Waals surface area contributed by atoms with Crippen molar-refractivity contribution in [2.45, 2.75) is 12.7 Å². The molecular formula is C15H19N7O2. The van der Waals surface area contributed by atoms with E-state index in [9.17, 15) is 4.79 Å². The van der Waals surface area contributed by atoms with Gasteiger partial charge in [0, 0.05) is 12.7 Å². The number of nitrogens with two attached hydrogens (primary N) is 4. The Kier molecular flexibility index (Phi) is 5.05. The van der Waals surface area contributed by atoms with Crippen LogP contribution in [0.3, 0.4) is 0 Å². The van der Waals surface area contributed by atoms with E-state index in [0.717, 1.165) is 5.56 Å². The van der Waals surface area contributed by atoms with E-state index in [-0.39, 0.29) is 17.5 Å². The summed E-state index contributed by atoms with van der Waals surface area (Å²) in [6.07, 6.45) is 4.70. The molecule has 1 aliphatic rings. The third-order valence-electron chi connectivity index (χ3n) is 3.22. The summed E-state index contributed by atoms with van der Waals surface area (Å²) in [5.41, 5.74) is 23.5. The van der Waals surface area contributed by atoms with Crippen LogP contribution in [0, 0.1) is 0 Å². The fourth-order valence-electron chi connectivity index (χ4n) is 2.22. The topological polar surface area (TPSA) is 169 Å². The molecule has 0 saturated carbocycles. The van der Waals surface area contributed by atoms with Crippen LogP contribution in [0.5, 0.6) is 0 Å². The number of allylic oxidation sites excluding steroid dienone is 2. The molecule has 1 aromatic carbocycles. The number of carboxylic acids is 1. The van der Waals surface area contributed by atoms with Gasteiger partial charge in [0.1, 0.15) is 0 Å². The second kappa shape index (κ2) is 7.18. The molecule has 1 aliphatic heterocycles. The van der Waals surface area contributed by atoms with Crippen molar-refractivity contribution in [1.82, 2.24) is 4.90 Å². The van der Waals surface area contributed by atoms with Crippen LogP contribution in [0.2, 0.25) is 0 Å². The molecule has 0 bridgehead atoms. The molecule has 1 heterocycles. The summed E-state index contributed by atoms with van der Waals surface area (Å²) in [5, 5.41) is 8.94.